The number of aromatic nitrogens is 2. The smallest absolute Gasteiger partial charge is 0.136 e. The molecular formula is C12H17ClN2S. The topological polar surface area (TPSA) is 25.8 Å². The van der Waals surface area contributed by atoms with E-state index in [2.05, 4.69) is 23.8 Å². The molecule has 0 bridgehead atoms. The van der Waals surface area contributed by atoms with Crippen molar-refractivity contribution in [2.75, 3.05) is 0 Å². The summed E-state index contributed by atoms with van der Waals surface area (Å²) in [4.78, 5) is 9.02. The summed E-state index contributed by atoms with van der Waals surface area (Å²) >= 11 is 7.96. The molecule has 0 amide bonds. The summed E-state index contributed by atoms with van der Waals surface area (Å²) in [7, 11) is 0. The first-order valence-corrected chi connectivity index (χ1v) is 7.08. The Bertz CT molecular complexity index is 391. The number of hydrogen-bond acceptors (Lipinski definition) is 3. The molecule has 1 unspecified atom stereocenters. The molecule has 0 N–H and O–H groups in total. The van der Waals surface area contributed by atoms with Gasteiger partial charge < -0.3 is 0 Å². The van der Waals surface area contributed by atoms with Gasteiger partial charge in [0, 0.05) is 16.7 Å². The molecule has 4 heteroatoms. The van der Waals surface area contributed by atoms with E-state index in [-0.39, 0.29) is 0 Å². The van der Waals surface area contributed by atoms with Gasteiger partial charge in [0.25, 0.3) is 0 Å². The van der Waals surface area contributed by atoms with Crippen molar-refractivity contribution < 1.29 is 0 Å². The zero-order valence-electron chi connectivity index (χ0n) is 9.96. The zero-order chi connectivity index (χ0) is 11.7. The van der Waals surface area contributed by atoms with Gasteiger partial charge in [0.05, 0.1) is 0 Å². The lowest BCUT2D eigenvalue weighted by atomic mass is 10.3. The van der Waals surface area contributed by atoms with Crippen molar-refractivity contribution in [1.82, 2.24) is 9.97 Å². The lowest BCUT2D eigenvalue weighted by Crippen LogP contribution is -2.01. The van der Waals surface area contributed by atoms with Gasteiger partial charge in [-0.05, 0) is 26.2 Å². The van der Waals surface area contributed by atoms with Crippen LogP contribution in [0.15, 0.2) is 5.03 Å². The van der Waals surface area contributed by atoms with Crippen LogP contribution in [0.25, 0.3) is 0 Å². The molecule has 1 atom stereocenters. The van der Waals surface area contributed by atoms with Crippen LogP contribution in [0.5, 0.6) is 0 Å². The zero-order valence-corrected chi connectivity index (χ0v) is 11.5. The summed E-state index contributed by atoms with van der Waals surface area (Å²) in [5, 5.41) is 2.27. The largest absolute Gasteiger partial charge is 0.226 e. The lowest BCUT2D eigenvalue weighted by molar-refractivity contribution is 0.849. The quantitative estimate of drug-likeness (QED) is 0.596. The first-order chi connectivity index (χ1) is 7.61. The Morgan fingerprint density at radius 2 is 2.12 bits per heavy atom. The second-order valence-electron chi connectivity index (χ2n) is 4.41. The molecule has 1 heterocycles. The average Bonchev–Trinajstić information content (AvgIpc) is 3.07. The highest BCUT2D eigenvalue weighted by molar-refractivity contribution is 7.99. The van der Waals surface area contributed by atoms with Crippen molar-refractivity contribution >= 4 is 23.4 Å². The summed E-state index contributed by atoms with van der Waals surface area (Å²) in [6.45, 7) is 6.41. The van der Waals surface area contributed by atoms with Crippen LogP contribution < -0.4 is 0 Å². The molecule has 88 valence electrons. The minimum atomic E-state index is 0.564. The number of thioether (sulfide) groups is 1. The summed E-state index contributed by atoms with van der Waals surface area (Å²) in [6, 6.07) is 0. The van der Waals surface area contributed by atoms with E-state index in [1.807, 2.05) is 18.7 Å². The Morgan fingerprint density at radius 1 is 1.44 bits per heavy atom. The Labute approximate surface area is 106 Å². The van der Waals surface area contributed by atoms with Gasteiger partial charge in [-0.3, -0.25) is 0 Å². The molecule has 1 aromatic heterocycles. The maximum atomic E-state index is 6.15. The SMILES string of the molecule is CCC(C)Sc1nc(C2CC2)nc(Cl)c1C. The molecule has 1 fully saturated rings. The number of nitrogens with zero attached hydrogens (tertiary/aromatic N) is 2. The first-order valence-electron chi connectivity index (χ1n) is 5.82. The Hall–Kier alpha value is -0.280. The minimum absolute atomic E-state index is 0.564. The standard InChI is InChI=1S/C12H17ClN2S/c1-4-7(2)16-12-8(3)10(13)14-11(15-12)9-5-6-9/h7,9H,4-6H2,1-3H3. The van der Waals surface area contributed by atoms with E-state index in [9.17, 15) is 0 Å². The highest BCUT2D eigenvalue weighted by Gasteiger charge is 2.28. The molecule has 0 aliphatic heterocycles. The molecule has 16 heavy (non-hydrogen) atoms. The van der Waals surface area contributed by atoms with Crippen LogP contribution in [0.4, 0.5) is 0 Å². The maximum absolute atomic E-state index is 6.15. The van der Waals surface area contributed by atoms with Crippen molar-refractivity contribution in [2.45, 2.75) is 56.2 Å². The van der Waals surface area contributed by atoms with Gasteiger partial charge in [-0.1, -0.05) is 25.4 Å². The highest BCUT2D eigenvalue weighted by atomic mass is 35.5. The van der Waals surface area contributed by atoms with E-state index in [0.29, 0.717) is 16.3 Å². The minimum Gasteiger partial charge on any atom is -0.226 e. The molecule has 1 saturated carbocycles. The summed E-state index contributed by atoms with van der Waals surface area (Å²) in [5.41, 5.74) is 1.02. The first kappa shape index (κ1) is 12.2. The van der Waals surface area contributed by atoms with Gasteiger partial charge in [0.2, 0.25) is 0 Å². The molecule has 0 spiro atoms. The van der Waals surface area contributed by atoms with E-state index in [1.165, 1.54) is 12.8 Å². The number of rotatable bonds is 4. The molecular weight excluding hydrogens is 240 g/mol. The monoisotopic (exact) mass is 256 g/mol. The Kier molecular flexibility index (Phi) is 3.75. The van der Waals surface area contributed by atoms with Crippen LogP contribution in [0.2, 0.25) is 5.15 Å². The van der Waals surface area contributed by atoms with E-state index < -0.39 is 0 Å². The van der Waals surface area contributed by atoms with Crippen LogP contribution in [-0.2, 0) is 0 Å². The summed E-state index contributed by atoms with van der Waals surface area (Å²) in [6.07, 6.45) is 3.57. The fourth-order valence-corrected chi connectivity index (χ4v) is 2.60. The van der Waals surface area contributed by atoms with Gasteiger partial charge in [-0.2, -0.15) is 0 Å². The Morgan fingerprint density at radius 3 is 2.69 bits per heavy atom. The second kappa shape index (κ2) is 4.92. The predicted molar refractivity (Wildman–Crippen MR) is 69.4 cm³/mol. The van der Waals surface area contributed by atoms with Crippen LogP contribution in [0, 0.1) is 6.92 Å². The molecule has 0 saturated heterocycles. The summed E-state index contributed by atoms with van der Waals surface area (Å²) < 4.78 is 0. The van der Waals surface area contributed by atoms with Crippen molar-refractivity contribution in [1.29, 1.82) is 0 Å². The van der Waals surface area contributed by atoms with Gasteiger partial charge in [0.1, 0.15) is 16.0 Å². The fourth-order valence-electron chi connectivity index (χ4n) is 1.40. The van der Waals surface area contributed by atoms with Crippen molar-refractivity contribution in [3.8, 4) is 0 Å². The molecule has 2 nitrogen and oxygen atoms in total. The van der Waals surface area contributed by atoms with Crippen LogP contribution in [0.1, 0.15) is 50.4 Å². The lowest BCUT2D eigenvalue weighted by Gasteiger charge is -2.11. The number of hydrogen-bond donors (Lipinski definition) is 0. The third-order valence-corrected chi connectivity index (χ3v) is 4.61. The van der Waals surface area contributed by atoms with Gasteiger partial charge in [-0.15, -0.1) is 11.8 Å². The number of halogens is 1. The second-order valence-corrected chi connectivity index (χ2v) is 6.20. The van der Waals surface area contributed by atoms with Crippen molar-refractivity contribution in [3.05, 3.63) is 16.5 Å². The predicted octanol–water partition coefficient (Wildman–Crippen LogP) is 4.21. The van der Waals surface area contributed by atoms with Crippen molar-refractivity contribution in [2.24, 2.45) is 0 Å². The molecule has 0 radical (unpaired) electrons. The Balaban J connectivity index is 2.27. The van der Waals surface area contributed by atoms with Gasteiger partial charge in [0.15, 0.2) is 0 Å². The van der Waals surface area contributed by atoms with E-state index in [1.54, 1.807) is 0 Å². The maximum Gasteiger partial charge on any atom is 0.136 e. The van der Waals surface area contributed by atoms with E-state index in [0.717, 1.165) is 22.8 Å². The van der Waals surface area contributed by atoms with Crippen LogP contribution >= 0.6 is 23.4 Å². The van der Waals surface area contributed by atoms with Gasteiger partial charge in [-0.25, -0.2) is 9.97 Å². The van der Waals surface area contributed by atoms with E-state index >= 15 is 0 Å². The molecule has 0 aromatic carbocycles. The normalized spacial score (nSPS) is 17.5. The summed E-state index contributed by atoms with van der Waals surface area (Å²) in [5.74, 6) is 1.51. The molecule has 1 aliphatic rings. The third-order valence-electron chi connectivity index (χ3n) is 2.89. The molecule has 2 rings (SSSR count). The fraction of sp³-hybridized carbons (Fsp3) is 0.667. The van der Waals surface area contributed by atoms with Crippen molar-refractivity contribution in [3.63, 3.8) is 0 Å². The van der Waals surface area contributed by atoms with Gasteiger partial charge >= 0.3 is 0 Å². The van der Waals surface area contributed by atoms with E-state index in [4.69, 9.17) is 11.6 Å². The van der Waals surface area contributed by atoms with Crippen LogP contribution in [0.3, 0.4) is 0 Å². The molecule has 1 aromatic rings. The molecule has 1 aliphatic carbocycles. The third kappa shape index (κ3) is 2.69. The average molecular weight is 257 g/mol. The van der Waals surface area contributed by atoms with Crippen LogP contribution in [-0.4, -0.2) is 15.2 Å². The highest BCUT2D eigenvalue weighted by Crippen LogP contribution is 2.40.